The molecule has 1 aromatic rings. The van der Waals surface area contributed by atoms with Gasteiger partial charge in [-0.25, -0.2) is 0 Å². The van der Waals surface area contributed by atoms with Gasteiger partial charge in [0, 0.05) is 12.1 Å². The molecule has 0 aromatic heterocycles. The number of hydrogen-bond acceptors (Lipinski definition) is 3. The summed E-state index contributed by atoms with van der Waals surface area (Å²) in [6.45, 7) is 1.62. The summed E-state index contributed by atoms with van der Waals surface area (Å²) in [6.07, 6.45) is 1.10. The van der Waals surface area contributed by atoms with Crippen molar-refractivity contribution < 1.29 is 9.47 Å². The van der Waals surface area contributed by atoms with Gasteiger partial charge < -0.3 is 14.8 Å². The Morgan fingerprint density at radius 2 is 2.40 bits per heavy atom. The first-order valence-electron chi connectivity index (χ1n) is 5.28. The third kappa shape index (κ3) is 1.98. The molecule has 15 heavy (non-hydrogen) atoms. The molecular formula is C12H17NO2. The van der Waals surface area contributed by atoms with Crippen LogP contribution in [0.25, 0.3) is 0 Å². The van der Waals surface area contributed by atoms with Gasteiger partial charge in [-0.3, -0.25) is 0 Å². The summed E-state index contributed by atoms with van der Waals surface area (Å²) in [5.74, 6) is 0.983. The van der Waals surface area contributed by atoms with Crippen LogP contribution >= 0.6 is 0 Å². The Hall–Kier alpha value is -1.06. The molecule has 0 fully saturated rings. The van der Waals surface area contributed by atoms with E-state index in [-0.39, 0.29) is 6.10 Å². The molecule has 1 aromatic carbocycles. The lowest BCUT2D eigenvalue weighted by molar-refractivity contribution is 0.0431. The van der Waals surface area contributed by atoms with Crippen molar-refractivity contribution in [3.05, 3.63) is 29.3 Å². The number of ether oxygens (including phenoxy) is 2. The zero-order valence-corrected chi connectivity index (χ0v) is 9.25. The second-order valence-electron chi connectivity index (χ2n) is 3.70. The predicted molar refractivity (Wildman–Crippen MR) is 59.3 cm³/mol. The van der Waals surface area contributed by atoms with E-state index in [1.54, 1.807) is 7.11 Å². The number of hydrogen-bond donors (Lipinski definition) is 1. The summed E-state index contributed by atoms with van der Waals surface area (Å²) in [4.78, 5) is 0. The van der Waals surface area contributed by atoms with E-state index >= 15 is 0 Å². The fraction of sp³-hybridized carbons (Fsp3) is 0.500. The van der Waals surface area contributed by atoms with Crippen molar-refractivity contribution in [2.45, 2.75) is 12.5 Å². The Balaban J connectivity index is 2.35. The number of fused-ring (bicyclic) bond motifs is 1. The van der Waals surface area contributed by atoms with Crippen molar-refractivity contribution in [3.8, 4) is 5.75 Å². The first-order valence-corrected chi connectivity index (χ1v) is 5.28. The molecule has 0 unspecified atom stereocenters. The topological polar surface area (TPSA) is 30.5 Å². The average Bonchev–Trinajstić information content (AvgIpc) is 2.29. The van der Waals surface area contributed by atoms with Crippen molar-refractivity contribution in [2.24, 2.45) is 0 Å². The first-order chi connectivity index (χ1) is 7.36. The summed E-state index contributed by atoms with van der Waals surface area (Å²) in [7, 11) is 3.66. The summed E-state index contributed by atoms with van der Waals surface area (Å²) in [6, 6.07) is 6.16. The number of nitrogens with one attached hydrogen (secondary N) is 1. The summed E-state index contributed by atoms with van der Waals surface area (Å²) >= 11 is 0. The number of rotatable bonds is 3. The third-order valence-electron chi connectivity index (χ3n) is 2.80. The van der Waals surface area contributed by atoms with Gasteiger partial charge in [-0.2, -0.15) is 0 Å². The molecule has 1 N–H and O–H groups in total. The molecule has 3 nitrogen and oxygen atoms in total. The van der Waals surface area contributed by atoms with Crippen LogP contribution in [-0.4, -0.2) is 27.3 Å². The van der Waals surface area contributed by atoms with Crippen molar-refractivity contribution in [1.82, 2.24) is 5.32 Å². The molecule has 0 radical (unpaired) electrons. The maximum atomic E-state index is 5.73. The molecule has 0 aliphatic carbocycles. The minimum Gasteiger partial charge on any atom is -0.496 e. The molecular weight excluding hydrogens is 190 g/mol. The number of methoxy groups -OCH3 is 1. The Kier molecular flexibility index (Phi) is 3.23. The van der Waals surface area contributed by atoms with E-state index < -0.39 is 0 Å². The van der Waals surface area contributed by atoms with Gasteiger partial charge in [0.1, 0.15) is 5.75 Å². The van der Waals surface area contributed by atoms with E-state index in [9.17, 15) is 0 Å². The second kappa shape index (κ2) is 4.64. The highest BCUT2D eigenvalue weighted by molar-refractivity contribution is 5.42. The Morgan fingerprint density at radius 3 is 3.13 bits per heavy atom. The van der Waals surface area contributed by atoms with Crippen LogP contribution in [0.2, 0.25) is 0 Å². The minimum absolute atomic E-state index is 0.161. The van der Waals surface area contributed by atoms with E-state index in [1.165, 1.54) is 11.1 Å². The molecule has 82 valence electrons. The Bertz CT molecular complexity index is 338. The monoisotopic (exact) mass is 207 g/mol. The van der Waals surface area contributed by atoms with Crippen LogP contribution in [0, 0.1) is 0 Å². The zero-order valence-electron chi connectivity index (χ0n) is 9.25. The molecule has 0 amide bonds. The summed E-state index contributed by atoms with van der Waals surface area (Å²) in [5, 5.41) is 3.15. The fourth-order valence-electron chi connectivity index (χ4n) is 2.09. The largest absolute Gasteiger partial charge is 0.496 e. The number of likely N-dealkylation sites (N-methyl/N-ethyl adjacent to an activating group) is 1. The fourth-order valence-corrected chi connectivity index (χ4v) is 2.09. The molecule has 0 spiro atoms. The lowest BCUT2D eigenvalue weighted by Gasteiger charge is -2.27. The molecule has 0 bridgehead atoms. The van der Waals surface area contributed by atoms with E-state index in [0.29, 0.717) is 0 Å². The van der Waals surface area contributed by atoms with Crippen LogP contribution in [0.15, 0.2) is 18.2 Å². The molecule has 1 aliphatic heterocycles. The zero-order chi connectivity index (χ0) is 10.7. The van der Waals surface area contributed by atoms with E-state index in [1.807, 2.05) is 19.2 Å². The lowest BCUT2D eigenvalue weighted by atomic mass is 9.96. The van der Waals surface area contributed by atoms with Gasteiger partial charge >= 0.3 is 0 Å². The summed E-state index contributed by atoms with van der Waals surface area (Å²) < 4.78 is 11.1. The Labute approximate surface area is 90.4 Å². The SMILES string of the molecule is CNC[C@H]1OCCc2c(OC)cccc21. The highest BCUT2D eigenvalue weighted by Gasteiger charge is 2.22. The van der Waals surface area contributed by atoms with Crippen molar-refractivity contribution in [2.75, 3.05) is 27.3 Å². The second-order valence-corrected chi connectivity index (χ2v) is 3.70. The van der Waals surface area contributed by atoms with Gasteiger partial charge in [-0.05, 0) is 25.1 Å². The lowest BCUT2D eigenvalue weighted by Crippen LogP contribution is -2.25. The van der Waals surface area contributed by atoms with Gasteiger partial charge in [-0.15, -0.1) is 0 Å². The molecule has 1 atom stereocenters. The smallest absolute Gasteiger partial charge is 0.122 e. The molecule has 1 aliphatic rings. The van der Waals surface area contributed by atoms with Gasteiger partial charge in [-0.1, -0.05) is 12.1 Å². The van der Waals surface area contributed by atoms with Crippen LogP contribution in [0.1, 0.15) is 17.2 Å². The van der Waals surface area contributed by atoms with Gasteiger partial charge in [0.25, 0.3) is 0 Å². The van der Waals surface area contributed by atoms with Gasteiger partial charge in [0.2, 0.25) is 0 Å². The van der Waals surface area contributed by atoms with E-state index in [2.05, 4.69) is 11.4 Å². The van der Waals surface area contributed by atoms with Crippen molar-refractivity contribution in [3.63, 3.8) is 0 Å². The van der Waals surface area contributed by atoms with Crippen LogP contribution < -0.4 is 10.1 Å². The predicted octanol–water partition coefficient (Wildman–Crippen LogP) is 1.53. The maximum absolute atomic E-state index is 5.73. The standard InChI is InChI=1S/C12H17NO2/c1-13-8-12-9-4-3-5-11(14-2)10(9)6-7-15-12/h3-5,12-13H,6-8H2,1-2H3/t12-/m1/s1. The quantitative estimate of drug-likeness (QED) is 0.815. The minimum atomic E-state index is 0.161. The average molecular weight is 207 g/mol. The summed E-state index contributed by atoms with van der Waals surface area (Å²) in [5.41, 5.74) is 2.56. The van der Waals surface area contributed by atoms with Crippen LogP contribution in [0.4, 0.5) is 0 Å². The van der Waals surface area contributed by atoms with Crippen LogP contribution in [0.3, 0.4) is 0 Å². The van der Waals surface area contributed by atoms with Crippen LogP contribution in [-0.2, 0) is 11.2 Å². The van der Waals surface area contributed by atoms with Gasteiger partial charge in [0.05, 0.1) is 19.8 Å². The van der Waals surface area contributed by atoms with E-state index in [4.69, 9.17) is 9.47 Å². The highest BCUT2D eigenvalue weighted by Crippen LogP contribution is 2.32. The van der Waals surface area contributed by atoms with E-state index in [0.717, 1.165) is 25.3 Å². The molecule has 2 rings (SSSR count). The highest BCUT2D eigenvalue weighted by atomic mass is 16.5. The van der Waals surface area contributed by atoms with Crippen LogP contribution in [0.5, 0.6) is 5.75 Å². The molecule has 1 heterocycles. The third-order valence-corrected chi connectivity index (χ3v) is 2.80. The molecule has 0 saturated heterocycles. The molecule has 3 heteroatoms. The van der Waals surface area contributed by atoms with Crippen molar-refractivity contribution >= 4 is 0 Å². The molecule has 0 saturated carbocycles. The first kappa shape index (κ1) is 10.5. The van der Waals surface area contributed by atoms with Crippen molar-refractivity contribution in [1.29, 1.82) is 0 Å². The number of benzene rings is 1. The van der Waals surface area contributed by atoms with Gasteiger partial charge in [0.15, 0.2) is 0 Å². The maximum Gasteiger partial charge on any atom is 0.122 e. The normalized spacial score (nSPS) is 19.7. The Morgan fingerprint density at radius 1 is 1.53 bits per heavy atom.